The number of fused-ring (bicyclic) bond motifs is 3. The molecule has 3 heterocycles. The van der Waals surface area contributed by atoms with E-state index < -0.39 is 103 Å². The Labute approximate surface area is 525 Å². The monoisotopic (exact) mass is 1450 g/mol. The molecule has 27 nitrogen and oxygen atoms in total. The first-order valence-corrected chi connectivity index (χ1v) is 34.5. The summed E-state index contributed by atoms with van der Waals surface area (Å²) in [6, 6.07) is 27.8. The molecule has 1 atom stereocenters. The Hall–Kier alpha value is -8.56. The van der Waals surface area contributed by atoms with Crippen molar-refractivity contribution < 1.29 is 110 Å². The number of sulfone groups is 5. The molecule has 0 saturated heterocycles. The van der Waals surface area contributed by atoms with Crippen LogP contribution in [0.15, 0.2) is 154 Å². The van der Waals surface area contributed by atoms with Crippen LogP contribution in [-0.4, -0.2) is 163 Å². The first-order valence-electron chi connectivity index (χ1n) is 24.2. The van der Waals surface area contributed by atoms with Crippen molar-refractivity contribution in [2.24, 2.45) is 10.9 Å². The molecule has 3 aliphatic rings. The van der Waals surface area contributed by atoms with E-state index in [1.54, 1.807) is 36.4 Å². The molecule has 9 rings (SSSR count). The number of oxime groups is 1. The number of hydrogen-bond acceptors (Lipinski definition) is 25. The van der Waals surface area contributed by atoms with E-state index in [1.807, 2.05) is 0 Å². The second-order valence-electron chi connectivity index (χ2n) is 18.1. The van der Waals surface area contributed by atoms with Crippen LogP contribution >= 0.6 is 31.9 Å². The van der Waals surface area contributed by atoms with E-state index in [2.05, 4.69) is 56.0 Å². The predicted octanol–water partition coefficient (Wildman–Crippen LogP) is 5.59. The number of halogens is 2. The number of aromatic carboxylic acids is 2. The number of nitrogens with zero attached hydrogens (tertiary/aromatic N) is 2. The number of esters is 4. The molecule has 0 bridgehead atoms. The van der Waals surface area contributed by atoms with Crippen molar-refractivity contribution in [3.8, 4) is 6.07 Å². The number of ether oxygens (including phenoxy) is 4. The van der Waals surface area contributed by atoms with Crippen LogP contribution in [0, 0.1) is 11.3 Å². The molecule has 0 amide bonds. The van der Waals surface area contributed by atoms with Crippen LogP contribution in [0.1, 0.15) is 95.2 Å². The minimum absolute atomic E-state index is 0.00630. The van der Waals surface area contributed by atoms with Gasteiger partial charge in [-0.1, -0.05) is 33.2 Å². The molecule has 6 aromatic carbocycles. The summed E-state index contributed by atoms with van der Waals surface area (Å²) in [6.07, 6.45) is 2.00. The van der Waals surface area contributed by atoms with E-state index in [1.165, 1.54) is 101 Å². The Morgan fingerprint density at radius 2 is 0.944 bits per heavy atom. The number of nitrogens with two attached hydrogens (primary N) is 1. The van der Waals surface area contributed by atoms with Gasteiger partial charge in [-0.15, -0.1) is 0 Å². The first kappa shape index (κ1) is 72.9. The number of carbonyl (C=O) groups is 7. The minimum Gasteiger partial charge on any atom is -0.478 e. The topological polar surface area (TPSA) is 450 Å². The van der Waals surface area contributed by atoms with Crippen LogP contribution in [0.5, 0.6) is 0 Å². The number of nitriles is 1. The van der Waals surface area contributed by atoms with Gasteiger partial charge in [0.2, 0.25) is 0 Å². The summed E-state index contributed by atoms with van der Waals surface area (Å²) in [5.74, 6) is -5.91. The molecule has 0 aromatic heterocycles. The molecular formula is C55H49Br2N3O24S5. The SMILES string of the molecule is COC(=O)c1ccc(C#N)c(S(C)(=O)=O)c1.COC(=O)c1ccc2c(c1)S(=O)(=O)C/C2=N\O.COC(=O)c1ccc2c(c1)S(=O)(=O)CC2=O.COC(=O)c1ccc2c(c1)S(=O)(=O)CC2N.CS(=O)(=O)c1cc(C(=O)O)ccc1Br.O=C(O)c1ccc(Br)cc1. The number of hydrogen-bond donors (Lipinski definition) is 4. The van der Waals surface area contributed by atoms with Crippen LogP contribution in [0.3, 0.4) is 0 Å². The summed E-state index contributed by atoms with van der Waals surface area (Å²) >= 11 is 6.24. The lowest BCUT2D eigenvalue weighted by Gasteiger charge is -2.04. The molecule has 0 radical (unpaired) electrons. The van der Waals surface area contributed by atoms with Crippen LogP contribution in [0.25, 0.3) is 0 Å². The number of ketones is 1. The Bertz CT molecular complexity index is 4510. The van der Waals surface area contributed by atoms with E-state index >= 15 is 0 Å². The van der Waals surface area contributed by atoms with E-state index in [0.29, 0.717) is 21.2 Å². The third-order valence-electron chi connectivity index (χ3n) is 12.0. The predicted molar refractivity (Wildman–Crippen MR) is 320 cm³/mol. The summed E-state index contributed by atoms with van der Waals surface area (Å²) in [5.41, 5.74) is 7.66. The third kappa shape index (κ3) is 18.7. The number of Topliss-reactive ketones (excluding diaryl/α,β-unsaturated/α-hetero) is 1. The highest BCUT2D eigenvalue weighted by Crippen LogP contribution is 2.33. The van der Waals surface area contributed by atoms with Gasteiger partial charge in [-0.05, 0) is 125 Å². The van der Waals surface area contributed by atoms with Gasteiger partial charge in [-0.25, -0.2) is 70.9 Å². The number of carbonyl (C=O) groups excluding carboxylic acids is 5. The molecule has 6 aromatic rings. The highest BCUT2D eigenvalue weighted by atomic mass is 79.9. The van der Waals surface area contributed by atoms with Crippen molar-refractivity contribution in [3.63, 3.8) is 0 Å². The zero-order valence-corrected chi connectivity index (χ0v) is 54.1. The summed E-state index contributed by atoms with van der Waals surface area (Å²) in [4.78, 5) is 77.0. The van der Waals surface area contributed by atoms with Gasteiger partial charge in [0.05, 0.1) is 97.6 Å². The van der Waals surface area contributed by atoms with Gasteiger partial charge in [0, 0.05) is 38.6 Å². The number of methoxy groups -OCH3 is 4. The van der Waals surface area contributed by atoms with Crippen molar-refractivity contribution in [1.82, 2.24) is 0 Å². The average molecular weight is 1460 g/mol. The summed E-state index contributed by atoms with van der Waals surface area (Å²) in [6.45, 7) is 0. The molecule has 0 saturated carbocycles. The highest BCUT2D eigenvalue weighted by molar-refractivity contribution is 9.10. The zero-order valence-electron chi connectivity index (χ0n) is 46.9. The van der Waals surface area contributed by atoms with Crippen molar-refractivity contribution in [2.45, 2.75) is 30.5 Å². The lowest BCUT2D eigenvalue weighted by molar-refractivity contribution is 0.0591. The molecule has 472 valence electrons. The lowest BCUT2D eigenvalue weighted by atomic mass is 10.1. The van der Waals surface area contributed by atoms with Crippen molar-refractivity contribution >= 4 is 128 Å². The van der Waals surface area contributed by atoms with Crippen LogP contribution in [0.2, 0.25) is 0 Å². The number of carboxylic acids is 2. The van der Waals surface area contributed by atoms with Gasteiger partial charge in [-0.2, -0.15) is 5.26 Å². The Kier molecular flexibility index (Phi) is 24.7. The quantitative estimate of drug-likeness (QED) is 0.0624. The Morgan fingerprint density at radius 1 is 0.551 bits per heavy atom. The summed E-state index contributed by atoms with van der Waals surface area (Å²) in [7, 11) is -12.5. The molecule has 89 heavy (non-hydrogen) atoms. The number of rotatable bonds is 8. The van der Waals surface area contributed by atoms with Crippen LogP contribution in [-0.2, 0) is 68.1 Å². The standard InChI is InChI=1S/C10H9NO5S.C10H11NO4S.C10H9NO4S.C10H8O5S.C8H7BrO4S.C7H5BrO2/c1-16-10(12)6-2-3-7-8(11-13)5-17(14,15)9(7)4-6;1-15-10(12)6-2-3-7-8(11)5-16(13,14)9(7)4-6;1-15-10(12)7-3-4-8(6-11)9(5-7)16(2,13)14;1-15-10(12)6-2-3-7-8(11)5-16(13,14)9(7)4-6;1-14(12,13)7-4-5(8(10)11)2-3-6(7)9;8-6-3-1-5(2-4-6)7(9)10/h2-4,13H,5H2,1H3;2-4,8H,5,11H2,1H3;3-5H,1-2H3;2-4H,5H2,1H3;2-4H,1H3,(H,10,11);1-4H,(H,9,10)/b11-8+;;;;;. The largest absolute Gasteiger partial charge is 0.478 e. The molecular weight excluding hydrogens is 1410 g/mol. The van der Waals surface area contributed by atoms with E-state index in [4.69, 9.17) is 26.4 Å². The normalized spacial score (nSPS) is 15.3. The minimum atomic E-state index is -3.58. The Balaban J connectivity index is 0.000000230. The number of carboxylic acid groups (broad SMARTS) is 2. The second kappa shape index (κ2) is 30.1. The van der Waals surface area contributed by atoms with Gasteiger partial charge in [-0.3, -0.25) is 4.79 Å². The third-order valence-corrected chi connectivity index (χ3v) is 20.9. The van der Waals surface area contributed by atoms with Crippen molar-refractivity contribution in [2.75, 3.05) is 58.2 Å². The molecule has 3 aliphatic heterocycles. The fourth-order valence-corrected chi connectivity index (χ4v) is 15.5. The Morgan fingerprint density at radius 3 is 1.39 bits per heavy atom. The summed E-state index contributed by atoms with van der Waals surface area (Å²) in [5, 5.41) is 37.5. The molecule has 0 fully saturated rings. The van der Waals surface area contributed by atoms with Crippen LogP contribution < -0.4 is 5.73 Å². The maximum atomic E-state index is 11.7. The van der Waals surface area contributed by atoms with Gasteiger partial charge in [0.1, 0.15) is 23.3 Å². The molecule has 34 heteroatoms. The molecule has 1 unspecified atom stereocenters. The van der Waals surface area contributed by atoms with Crippen LogP contribution in [0.4, 0.5) is 0 Å². The van der Waals surface area contributed by atoms with E-state index in [0.717, 1.165) is 29.1 Å². The lowest BCUT2D eigenvalue weighted by Crippen LogP contribution is -2.11. The number of benzene rings is 6. The van der Waals surface area contributed by atoms with Gasteiger partial charge in [0.15, 0.2) is 55.0 Å². The smallest absolute Gasteiger partial charge is 0.337 e. The molecule has 0 aliphatic carbocycles. The van der Waals surface area contributed by atoms with Gasteiger partial charge >= 0.3 is 35.8 Å². The van der Waals surface area contributed by atoms with Gasteiger partial charge in [0.25, 0.3) is 0 Å². The zero-order chi connectivity index (χ0) is 67.3. The maximum absolute atomic E-state index is 11.7. The first-order chi connectivity index (χ1) is 41.3. The maximum Gasteiger partial charge on any atom is 0.337 e. The van der Waals surface area contributed by atoms with Crippen molar-refractivity contribution in [3.05, 3.63) is 180 Å². The van der Waals surface area contributed by atoms with Crippen molar-refractivity contribution in [1.29, 1.82) is 5.26 Å². The molecule has 5 N–H and O–H groups in total. The van der Waals surface area contributed by atoms with E-state index in [-0.39, 0.29) is 80.6 Å². The summed E-state index contributed by atoms with van der Waals surface area (Å²) < 4.78 is 134. The fourth-order valence-electron chi connectivity index (χ4n) is 7.71. The fraction of sp³-hybridized carbons (Fsp3) is 0.182. The highest BCUT2D eigenvalue weighted by Gasteiger charge is 2.36. The van der Waals surface area contributed by atoms with E-state index in [9.17, 15) is 75.7 Å². The second-order valence-corrected chi connectivity index (χ2v) is 29.8. The van der Waals surface area contributed by atoms with Gasteiger partial charge < -0.3 is 40.1 Å². The molecule has 0 spiro atoms. The average Bonchev–Trinajstić information content (AvgIpc) is 2.06.